The van der Waals surface area contributed by atoms with Crippen LogP contribution in [0.25, 0.3) is 0 Å². The molecule has 0 aliphatic rings. The second-order valence-electron chi connectivity index (χ2n) is 3.74. The zero-order chi connectivity index (χ0) is 12.0. The fourth-order valence-corrected chi connectivity index (χ4v) is 1.36. The van der Waals surface area contributed by atoms with Crippen LogP contribution in [0.15, 0.2) is 11.5 Å². The van der Waals surface area contributed by atoms with Gasteiger partial charge in [-0.25, -0.2) is 4.98 Å². The Hall–Kier alpha value is -1.63. The molecule has 0 spiro atoms. The highest BCUT2D eigenvalue weighted by Crippen LogP contribution is 1.92. The number of oxime groups is 1. The minimum Gasteiger partial charge on any atom is -0.409 e. The SMILES string of the molecule is CC(CC(N)=NO)NCCc1ncn(C)n1. The number of hydrogen-bond acceptors (Lipinski definition) is 5. The average Bonchev–Trinajstić information content (AvgIpc) is 2.64. The van der Waals surface area contributed by atoms with Crippen molar-refractivity contribution >= 4 is 5.84 Å². The molecule has 0 saturated carbocycles. The summed E-state index contributed by atoms with van der Waals surface area (Å²) in [5, 5.41) is 18.7. The van der Waals surface area contributed by atoms with Crippen molar-refractivity contribution in [2.75, 3.05) is 6.54 Å². The minimum atomic E-state index is 0.166. The summed E-state index contributed by atoms with van der Waals surface area (Å²) < 4.78 is 1.68. The number of nitrogens with zero attached hydrogens (tertiary/aromatic N) is 4. The Bertz CT molecular complexity index is 348. The molecule has 0 bridgehead atoms. The third kappa shape index (κ3) is 4.26. The van der Waals surface area contributed by atoms with Crippen molar-refractivity contribution in [3.05, 3.63) is 12.2 Å². The molecule has 90 valence electrons. The van der Waals surface area contributed by atoms with E-state index < -0.39 is 0 Å². The van der Waals surface area contributed by atoms with Gasteiger partial charge in [0, 0.05) is 32.5 Å². The molecule has 0 aromatic carbocycles. The molecule has 16 heavy (non-hydrogen) atoms. The number of aromatic nitrogens is 3. The number of hydrogen-bond donors (Lipinski definition) is 3. The van der Waals surface area contributed by atoms with Crippen molar-refractivity contribution in [2.24, 2.45) is 17.9 Å². The molecule has 0 aliphatic carbocycles. The quantitative estimate of drug-likeness (QED) is 0.262. The third-order valence-corrected chi connectivity index (χ3v) is 2.13. The molecule has 1 heterocycles. The van der Waals surface area contributed by atoms with Gasteiger partial charge in [0.1, 0.15) is 12.2 Å². The summed E-state index contributed by atoms with van der Waals surface area (Å²) in [7, 11) is 1.84. The first kappa shape index (κ1) is 12.4. The highest BCUT2D eigenvalue weighted by molar-refractivity contribution is 5.80. The maximum absolute atomic E-state index is 8.40. The fraction of sp³-hybridized carbons (Fsp3) is 0.667. The van der Waals surface area contributed by atoms with Crippen LogP contribution in [0, 0.1) is 0 Å². The molecular weight excluding hydrogens is 208 g/mol. The Labute approximate surface area is 94.3 Å². The number of amidine groups is 1. The molecule has 7 nitrogen and oxygen atoms in total. The highest BCUT2D eigenvalue weighted by Gasteiger charge is 2.05. The summed E-state index contributed by atoms with van der Waals surface area (Å²) >= 11 is 0. The average molecular weight is 226 g/mol. The molecule has 1 rings (SSSR count). The monoisotopic (exact) mass is 226 g/mol. The molecule has 0 aliphatic heterocycles. The lowest BCUT2D eigenvalue weighted by molar-refractivity contribution is 0.316. The lowest BCUT2D eigenvalue weighted by Gasteiger charge is -2.11. The molecule has 0 fully saturated rings. The van der Waals surface area contributed by atoms with Crippen LogP contribution in [0.1, 0.15) is 19.2 Å². The van der Waals surface area contributed by atoms with Crippen molar-refractivity contribution in [2.45, 2.75) is 25.8 Å². The minimum absolute atomic E-state index is 0.166. The van der Waals surface area contributed by atoms with Crippen molar-refractivity contribution < 1.29 is 5.21 Å². The van der Waals surface area contributed by atoms with E-state index in [1.54, 1.807) is 11.0 Å². The number of aryl methyl sites for hydroxylation is 1. The van der Waals surface area contributed by atoms with Gasteiger partial charge in [-0.05, 0) is 6.92 Å². The molecule has 1 aromatic heterocycles. The fourth-order valence-electron chi connectivity index (χ4n) is 1.36. The lowest BCUT2D eigenvalue weighted by atomic mass is 10.2. The van der Waals surface area contributed by atoms with Gasteiger partial charge in [-0.1, -0.05) is 5.16 Å². The van der Waals surface area contributed by atoms with Crippen LogP contribution < -0.4 is 11.1 Å². The van der Waals surface area contributed by atoms with Crippen molar-refractivity contribution in [3.8, 4) is 0 Å². The van der Waals surface area contributed by atoms with Gasteiger partial charge >= 0.3 is 0 Å². The van der Waals surface area contributed by atoms with E-state index >= 15 is 0 Å². The number of nitrogens with two attached hydrogens (primary N) is 1. The van der Waals surface area contributed by atoms with E-state index in [4.69, 9.17) is 10.9 Å². The van der Waals surface area contributed by atoms with Crippen molar-refractivity contribution in [1.82, 2.24) is 20.1 Å². The first-order chi connectivity index (χ1) is 7.61. The molecule has 0 amide bonds. The first-order valence-electron chi connectivity index (χ1n) is 5.16. The maximum Gasteiger partial charge on any atom is 0.151 e. The summed E-state index contributed by atoms with van der Waals surface area (Å²) in [4.78, 5) is 4.11. The van der Waals surface area contributed by atoms with Crippen LogP contribution in [0.3, 0.4) is 0 Å². The summed E-state index contributed by atoms with van der Waals surface area (Å²) in [5.74, 6) is 1.04. The van der Waals surface area contributed by atoms with Crippen LogP contribution in [-0.2, 0) is 13.5 Å². The van der Waals surface area contributed by atoms with E-state index in [2.05, 4.69) is 20.6 Å². The highest BCUT2D eigenvalue weighted by atomic mass is 16.4. The summed E-state index contributed by atoms with van der Waals surface area (Å²) in [6.07, 6.45) is 2.96. The van der Waals surface area contributed by atoms with Crippen molar-refractivity contribution in [3.63, 3.8) is 0 Å². The second kappa shape index (κ2) is 6.06. The zero-order valence-electron chi connectivity index (χ0n) is 9.59. The number of nitrogens with one attached hydrogen (secondary N) is 1. The first-order valence-corrected chi connectivity index (χ1v) is 5.16. The van der Waals surface area contributed by atoms with E-state index in [0.29, 0.717) is 6.42 Å². The molecule has 1 aromatic rings. The molecule has 0 radical (unpaired) electrons. The van der Waals surface area contributed by atoms with Crippen LogP contribution in [0.2, 0.25) is 0 Å². The molecule has 1 unspecified atom stereocenters. The van der Waals surface area contributed by atoms with Gasteiger partial charge in [0.05, 0.1) is 0 Å². The Morgan fingerprint density at radius 2 is 2.50 bits per heavy atom. The lowest BCUT2D eigenvalue weighted by Crippen LogP contribution is -2.32. The Morgan fingerprint density at radius 3 is 3.06 bits per heavy atom. The predicted molar refractivity (Wildman–Crippen MR) is 60.2 cm³/mol. The van der Waals surface area contributed by atoms with Gasteiger partial charge in [0.2, 0.25) is 0 Å². The predicted octanol–water partition coefficient (Wildman–Crippen LogP) is -0.528. The largest absolute Gasteiger partial charge is 0.409 e. The van der Waals surface area contributed by atoms with Gasteiger partial charge in [0.25, 0.3) is 0 Å². The van der Waals surface area contributed by atoms with Crippen molar-refractivity contribution in [1.29, 1.82) is 0 Å². The van der Waals surface area contributed by atoms with E-state index in [1.165, 1.54) is 0 Å². The van der Waals surface area contributed by atoms with Gasteiger partial charge in [-0.3, -0.25) is 4.68 Å². The van der Waals surface area contributed by atoms with Crippen LogP contribution >= 0.6 is 0 Å². The zero-order valence-corrected chi connectivity index (χ0v) is 9.59. The summed E-state index contributed by atoms with van der Waals surface area (Å²) in [6.45, 7) is 2.74. The summed E-state index contributed by atoms with van der Waals surface area (Å²) in [6, 6.07) is 0.166. The summed E-state index contributed by atoms with van der Waals surface area (Å²) in [5.41, 5.74) is 5.39. The topological polar surface area (TPSA) is 101 Å². The molecule has 4 N–H and O–H groups in total. The molecule has 0 saturated heterocycles. The Balaban J connectivity index is 2.20. The van der Waals surface area contributed by atoms with E-state index in [1.807, 2.05) is 14.0 Å². The van der Waals surface area contributed by atoms with Gasteiger partial charge in [-0.15, -0.1) is 0 Å². The van der Waals surface area contributed by atoms with Gasteiger partial charge in [0.15, 0.2) is 5.82 Å². The maximum atomic E-state index is 8.40. The smallest absolute Gasteiger partial charge is 0.151 e. The molecule has 1 atom stereocenters. The van der Waals surface area contributed by atoms with Gasteiger partial charge < -0.3 is 16.3 Å². The van der Waals surface area contributed by atoms with E-state index in [9.17, 15) is 0 Å². The standard InChI is InChI=1S/C9H18N6O/c1-7(5-8(10)14-16)11-4-3-9-12-6-15(2)13-9/h6-7,11,16H,3-5H2,1-2H3,(H2,10,14). The third-order valence-electron chi connectivity index (χ3n) is 2.13. The van der Waals surface area contributed by atoms with Crippen LogP contribution in [-0.4, -0.2) is 38.4 Å². The molecular formula is C9H18N6O. The Morgan fingerprint density at radius 1 is 1.75 bits per heavy atom. The van der Waals surface area contributed by atoms with Crippen LogP contribution in [0.5, 0.6) is 0 Å². The normalized spacial score (nSPS) is 14.0. The van der Waals surface area contributed by atoms with Crippen LogP contribution in [0.4, 0.5) is 0 Å². The number of rotatable bonds is 6. The van der Waals surface area contributed by atoms with E-state index in [-0.39, 0.29) is 11.9 Å². The molecule has 7 heteroatoms. The van der Waals surface area contributed by atoms with E-state index in [0.717, 1.165) is 18.8 Å². The van der Waals surface area contributed by atoms with Gasteiger partial charge in [-0.2, -0.15) is 5.10 Å². The Kier molecular flexibility index (Phi) is 4.71. The second-order valence-corrected chi connectivity index (χ2v) is 3.74.